The normalized spacial score (nSPS) is 10.7. The minimum absolute atomic E-state index is 0.112. The van der Waals surface area contributed by atoms with Gasteiger partial charge in [0.2, 0.25) is 5.75 Å². The fourth-order valence-electron chi connectivity index (χ4n) is 3.13. The monoisotopic (exact) mass is 462 g/mol. The number of ketones is 1. The van der Waals surface area contributed by atoms with E-state index in [-0.39, 0.29) is 21.8 Å². The summed E-state index contributed by atoms with van der Waals surface area (Å²) < 4.78 is 27.1. The van der Waals surface area contributed by atoms with Crippen LogP contribution in [0.1, 0.15) is 28.4 Å². The average Bonchev–Trinajstić information content (AvgIpc) is 3.02. The predicted octanol–water partition coefficient (Wildman–Crippen LogP) is 4.69. The molecule has 0 bridgehead atoms. The Balaban J connectivity index is 2.20. The van der Waals surface area contributed by atoms with Crippen LogP contribution in [0.5, 0.6) is 23.0 Å². The third-order valence-corrected chi connectivity index (χ3v) is 4.91. The lowest BCUT2D eigenvalue weighted by atomic mass is 10.00. The summed E-state index contributed by atoms with van der Waals surface area (Å²) in [7, 11) is 4.49. The van der Waals surface area contributed by atoms with Gasteiger partial charge >= 0.3 is 5.97 Å². The first kappa shape index (κ1) is 20.7. The van der Waals surface area contributed by atoms with E-state index in [9.17, 15) is 9.59 Å². The van der Waals surface area contributed by atoms with Crippen molar-refractivity contribution in [1.29, 1.82) is 0 Å². The van der Waals surface area contributed by atoms with Gasteiger partial charge in [-0.25, -0.2) is 0 Å². The number of esters is 1. The first-order valence-electron chi connectivity index (χ1n) is 8.57. The van der Waals surface area contributed by atoms with Crippen LogP contribution in [-0.4, -0.2) is 33.1 Å². The molecule has 8 heteroatoms. The van der Waals surface area contributed by atoms with Crippen molar-refractivity contribution in [3.8, 4) is 23.0 Å². The standard InChI is InChI=1S/C21H19BrO7/c1-10-8-12(9-15(26-4)18(10)27-5)17(24)16-13-6-7-14(25-3)20(28-11(2)23)19(13)29-21(16)22/h6-9H,1-5H3. The number of hydrogen-bond donors (Lipinski definition) is 0. The van der Waals surface area contributed by atoms with E-state index in [0.29, 0.717) is 33.8 Å². The van der Waals surface area contributed by atoms with E-state index < -0.39 is 5.97 Å². The summed E-state index contributed by atoms with van der Waals surface area (Å²) in [5, 5.41) is 0.478. The second-order valence-corrected chi connectivity index (χ2v) is 6.90. The van der Waals surface area contributed by atoms with Crippen LogP contribution in [0.2, 0.25) is 0 Å². The van der Waals surface area contributed by atoms with Gasteiger partial charge in [-0.05, 0) is 52.7 Å². The van der Waals surface area contributed by atoms with Crippen molar-refractivity contribution in [2.75, 3.05) is 21.3 Å². The Morgan fingerprint density at radius 3 is 2.24 bits per heavy atom. The van der Waals surface area contributed by atoms with Crippen LogP contribution < -0.4 is 18.9 Å². The van der Waals surface area contributed by atoms with Gasteiger partial charge in [0.15, 0.2) is 33.3 Å². The molecule has 0 saturated heterocycles. The maximum atomic E-state index is 13.3. The predicted molar refractivity (Wildman–Crippen MR) is 109 cm³/mol. The van der Waals surface area contributed by atoms with E-state index >= 15 is 0 Å². The maximum absolute atomic E-state index is 13.3. The van der Waals surface area contributed by atoms with Gasteiger partial charge < -0.3 is 23.4 Å². The topological polar surface area (TPSA) is 84.2 Å². The van der Waals surface area contributed by atoms with Crippen molar-refractivity contribution < 1.29 is 33.0 Å². The summed E-state index contributed by atoms with van der Waals surface area (Å²) in [4.78, 5) is 24.8. The number of halogens is 1. The van der Waals surface area contributed by atoms with Crippen LogP contribution in [-0.2, 0) is 4.79 Å². The van der Waals surface area contributed by atoms with E-state index in [1.807, 2.05) is 6.92 Å². The smallest absolute Gasteiger partial charge is 0.308 e. The maximum Gasteiger partial charge on any atom is 0.308 e. The van der Waals surface area contributed by atoms with Gasteiger partial charge in [-0.3, -0.25) is 9.59 Å². The van der Waals surface area contributed by atoms with Gasteiger partial charge in [-0.15, -0.1) is 0 Å². The van der Waals surface area contributed by atoms with Gasteiger partial charge in [0, 0.05) is 17.9 Å². The summed E-state index contributed by atoms with van der Waals surface area (Å²) in [6.07, 6.45) is 0. The Kier molecular flexibility index (Phi) is 5.83. The minimum Gasteiger partial charge on any atom is -0.493 e. The molecule has 0 unspecified atom stereocenters. The van der Waals surface area contributed by atoms with Crippen molar-refractivity contribution in [2.24, 2.45) is 0 Å². The zero-order valence-electron chi connectivity index (χ0n) is 16.5. The van der Waals surface area contributed by atoms with Gasteiger partial charge in [0.05, 0.1) is 26.9 Å². The number of benzene rings is 2. The zero-order valence-corrected chi connectivity index (χ0v) is 18.1. The largest absolute Gasteiger partial charge is 0.493 e. The molecule has 0 amide bonds. The molecule has 1 heterocycles. The molecule has 0 radical (unpaired) electrons. The van der Waals surface area contributed by atoms with Gasteiger partial charge in [-0.2, -0.15) is 0 Å². The number of rotatable bonds is 6. The van der Waals surface area contributed by atoms with E-state index in [4.69, 9.17) is 23.4 Å². The fourth-order valence-corrected chi connectivity index (χ4v) is 3.69. The lowest BCUT2D eigenvalue weighted by Gasteiger charge is -2.12. The fraction of sp³-hybridized carbons (Fsp3) is 0.238. The van der Waals surface area contributed by atoms with Gasteiger partial charge in [0.1, 0.15) is 0 Å². The van der Waals surface area contributed by atoms with Crippen molar-refractivity contribution in [1.82, 2.24) is 0 Å². The number of hydrogen-bond acceptors (Lipinski definition) is 7. The molecule has 3 aromatic rings. The molecule has 0 atom stereocenters. The summed E-state index contributed by atoms with van der Waals surface area (Å²) in [5.41, 5.74) is 1.67. The highest BCUT2D eigenvalue weighted by molar-refractivity contribution is 9.10. The highest BCUT2D eigenvalue weighted by Gasteiger charge is 2.26. The molecule has 0 N–H and O–H groups in total. The summed E-state index contributed by atoms with van der Waals surface area (Å²) >= 11 is 3.31. The highest BCUT2D eigenvalue weighted by Crippen LogP contribution is 2.42. The van der Waals surface area contributed by atoms with Crippen LogP contribution in [0, 0.1) is 6.92 Å². The van der Waals surface area contributed by atoms with Crippen LogP contribution in [0.4, 0.5) is 0 Å². The van der Waals surface area contributed by atoms with Crippen molar-refractivity contribution in [3.63, 3.8) is 0 Å². The first-order chi connectivity index (χ1) is 13.8. The Morgan fingerprint density at radius 1 is 0.966 bits per heavy atom. The number of fused-ring (bicyclic) bond motifs is 1. The Labute approximate surface area is 175 Å². The second-order valence-electron chi connectivity index (χ2n) is 6.18. The van der Waals surface area contributed by atoms with Crippen LogP contribution in [0.15, 0.2) is 33.4 Å². The lowest BCUT2D eigenvalue weighted by Crippen LogP contribution is -2.05. The molecule has 0 aliphatic carbocycles. The SMILES string of the molecule is COc1cc(C(=O)c2c(Br)oc3c(OC(C)=O)c(OC)ccc23)cc(C)c1OC. The Bertz CT molecular complexity index is 1110. The number of aryl methyl sites for hydroxylation is 1. The lowest BCUT2D eigenvalue weighted by molar-refractivity contribution is -0.131. The highest BCUT2D eigenvalue weighted by atomic mass is 79.9. The Hall–Kier alpha value is -3.00. The quantitative estimate of drug-likeness (QED) is 0.298. The number of methoxy groups -OCH3 is 3. The molecular weight excluding hydrogens is 444 g/mol. The van der Waals surface area contributed by atoms with E-state index in [1.54, 1.807) is 24.3 Å². The van der Waals surface area contributed by atoms with Crippen molar-refractivity contribution in [2.45, 2.75) is 13.8 Å². The van der Waals surface area contributed by atoms with E-state index in [2.05, 4.69) is 15.9 Å². The third-order valence-electron chi connectivity index (χ3n) is 4.35. The number of furan rings is 1. The Morgan fingerprint density at radius 2 is 1.66 bits per heavy atom. The van der Waals surface area contributed by atoms with Crippen molar-refractivity contribution in [3.05, 3.63) is 45.6 Å². The molecule has 0 fully saturated rings. The molecule has 29 heavy (non-hydrogen) atoms. The molecule has 0 aliphatic heterocycles. The molecule has 3 rings (SSSR count). The number of ether oxygens (including phenoxy) is 4. The number of carbonyl (C=O) groups is 2. The summed E-state index contributed by atoms with van der Waals surface area (Å²) in [6.45, 7) is 3.10. The molecule has 0 aliphatic rings. The first-order valence-corrected chi connectivity index (χ1v) is 9.36. The molecule has 7 nitrogen and oxygen atoms in total. The van der Waals surface area contributed by atoms with Crippen molar-refractivity contribution >= 4 is 38.7 Å². The third kappa shape index (κ3) is 3.67. The van der Waals surface area contributed by atoms with Crippen LogP contribution in [0.25, 0.3) is 11.0 Å². The molecule has 2 aromatic carbocycles. The number of carbonyl (C=O) groups excluding carboxylic acids is 2. The summed E-state index contributed by atoms with van der Waals surface area (Å²) in [6, 6.07) is 6.61. The van der Waals surface area contributed by atoms with Gasteiger partial charge in [-0.1, -0.05) is 0 Å². The minimum atomic E-state index is -0.535. The van der Waals surface area contributed by atoms with Gasteiger partial charge in [0.25, 0.3) is 0 Å². The molecule has 0 spiro atoms. The summed E-state index contributed by atoms with van der Waals surface area (Å²) in [5.74, 6) is 0.602. The van der Waals surface area contributed by atoms with Crippen LogP contribution >= 0.6 is 15.9 Å². The van der Waals surface area contributed by atoms with E-state index in [0.717, 1.165) is 5.56 Å². The van der Waals surface area contributed by atoms with Crippen LogP contribution in [0.3, 0.4) is 0 Å². The molecule has 0 saturated carbocycles. The van der Waals surface area contributed by atoms with E-state index in [1.165, 1.54) is 28.3 Å². The molecule has 152 valence electrons. The average molecular weight is 463 g/mol. The molecule has 1 aromatic heterocycles. The molecular formula is C21H19BrO7. The zero-order chi connectivity index (χ0) is 21.3. The second kappa shape index (κ2) is 8.16.